The largest absolute Gasteiger partial charge is 0.450 e. The Bertz CT molecular complexity index is 996. The first-order valence-electron chi connectivity index (χ1n) is 7.39. The lowest BCUT2D eigenvalue weighted by molar-refractivity contribution is 0.0225. The molecule has 0 saturated heterocycles. The average Bonchev–Trinajstić information content (AvgIpc) is 2.97. The monoisotopic (exact) mass is 348 g/mol. The minimum Gasteiger partial charge on any atom is -0.450 e. The standard InChI is InChI=1S/C16H14F2N4O3/c1-9(25-15(24)11-7-8-13(23)21(2)20-11)14-19-10-5-3-4-6-12(10)22(14)16(17)18/h3-9,16H,1-2H3. The van der Waals surface area contributed by atoms with E-state index >= 15 is 0 Å². The quantitative estimate of drug-likeness (QED) is 0.677. The summed E-state index contributed by atoms with van der Waals surface area (Å²) < 4.78 is 33.8. The number of alkyl halides is 2. The van der Waals surface area contributed by atoms with Crippen molar-refractivity contribution >= 4 is 17.0 Å². The van der Waals surface area contributed by atoms with Gasteiger partial charge in [-0.2, -0.15) is 13.9 Å². The van der Waals surface area contributed by atoms with Crippen LogP contribution in [0.4, 0.5) is 8.78 Å². The maximum atomic E-state index is 13.4. The maximum absolute atomic E-state index is 13.4. The second-order valence-electron chi connectivity index (χ2n) is 5.33. The van der Waals surface area contributed by atoms with E-state index in [9.17, 15) is 18.4 Å². The molecular weight excluding hydrogens is 334 g/mol. The van der Waals surface area contributed by atoms with Crippen LogP contribution in [0, 0.1) is 0 Å². The summed E-state index contributed by atoms with van der Waals surface area (Å²) in [6.07, 6.45) is -1.03. The highest BCUT2D eigenvalue weighted by Gasteiger charge is 2.25. The van der Waals surface area contributed by atoms with Crippen molar-refractivity contribution in [1.82, 2.24) is 19.3 Å². The SMILES string of the molecule is CC(OC(=O)c1ccc(=O)n(C)n1)c1nc2ccccc2n1C(F)F. The van der Waals surface area contributed by atoms with Crippen LogP contribution in [0.5, 0.6) is 0 Å². The molecule has 1 aromatic carbocycles. The molecule has 0 aliphatic rings. The van der Waals surface area contributed by atoms with Gasteiger partial charge in [0.25, 0.3) is 5.56 Å². The number of halogens is 2. The number of hydrogen-bond donors (Lipinski definition) is 0. The number of carbonyl (C=O) groups excluding carboxylic acids is 1. The normalized spacial score (nSPS) is 12.5. The summed E-state index contributed by atoms with van der Waals surface area (Å²) in [5.74, 6) is -0.912. The molecule has 130 valence electrons. The smallest absolute Gasteiger partial charge is 0.359 e. The summed E-state index contributed by atoms with van der Waals surface area (Å²) in [6, 6.07) is 8.80. The van der Waals surface area contributed by atoms with Crippen LogP contribution in [0.2, 0.25) is 0 Å². The van der Waals surface area contributed by atoms with Crippen molar-refractivity contribution in [2.45, 2.75) is 19.6 Å². The highest BCUT2D eigenvalue weighted by Crippen LogP contribution is 2.28. The molecule has 0 bridgehead atoms. The molecule has 3 rings (SSSR count). The zero-order valence-corrected chi connectivity index (χ0v) is 13.4. The number of carbonyl (C=O) groups is 1. The maximum Gasteiger partial charge on any atom is 0.359 e. The van der Waals surface area contributed by atoms with Crippen LogP contribution in [-0.2, 0) is 11.8 Å². The van der Waals surface area contributed by atoms with E-state index in [0.717, 1.165) is 9.25 Å². The second-order valence-corrected chi connectivity index (χ2v) is 5.33. The number of nitrogens with zero attached hydrogens (tertiary/aromatic N) is 4. The van der Waals surface area contributed by atoms with Gasteiger partial charge in [0.2, 0.25) is 0 Å². The van der Waals surface area contributed by atoms with Gasteiger partial charge < -0.3 is 4.74 Å². The van der Waals surface area contributed by atoms with Crippen LogP contribution >= 0.6 is 0 Å². The first kappa shape index (κ1) is 16.7. The highest BCUT2D eigenvalue weighted by molar-refractivity contribution is 5.87. The molecule has 9 heteroatoms. The van der Waals surface area contributed by atoms with Crippen LogP contribution in [0.25, 0.3) is 11.0 Å². The predicted octanol–water partition coefficient (Wildman–Crippen LogP) is 2.44. The predicted molar refractivity (Wildman–Crippen MR) is 84.3 cm³/mol. The fraction of sp³-hybridized carbons (Fsp3) is 0.250. The molecule has 0 amide bonds. The van der Waals surface area contributed by atoms with Crippen LogP contribution in [0.15, 0.2) is 41.2 Å². The Balaban J connectivity index is 1.93. The molecule has 7 nitrogen and oxygen atoms in total. The molecule has 0 aliphatic carbocycles. The topological polar surface area (TPSA) is 79.0 Å². The van der Waals surface area contributed by atoms with E-state index in [2.05, 4.69) is 10.1 Å². The van der Waals surface area contributed by atoms with Crippen LogP contribution in [-0.4, -0.2) is 25.3 Å². The molecule has 0 radical (unpaired) electrons. The number of para-hydroxylation sites is 2. The zero-order chi connectivity index (χ0) is 18.1. The van der Waals surface area contributed by atoms with Gasteiger partial charge in [0.1, 0.15) is 0 Å². The lowest BCUT2D eigenvalue weighted by atomic mass is 10.3. The molecule has 0 fully saturated rings. The average molecular weight is 348 g/mol. The number of esters is 1. The molecule has 0 saturated carbocycles. The molecule has 0 spiro atoms. The summed E-state index contributed by atoms with van der Waals surface area (Å²) in [5.41, 5.74) is 0.134. The molecular formula is C16H14F2N4O3. The minimum absolute atomic E-state index is 0.0747. The van der Waals surface area contributed by atoms with E-state index < -0.39 is 18.6 Å². The molecule has 0 aliphatic heterocycles. The van der Waals surface area contributed by atoms with Gasteiger partial charge in [-0.05, 0) is 25.1 Å². The first-order valence-corrected chi connectivity index (χ1v) is 7.39. The Hall–Kier alpha value is -3.10. The molecule has 25 heavy (non-hydrogen) atoms. The molecule has 1 unspecified atom stereocenters. The Morgan fingerprint density at radius 3 is 2.60 bits per heavy atom. The van der Waals surface area contributed by atoms with Crippen molar-refractivity contribution in [3.05, 3.63) is 58.3 Å². The van der Waals surface area contributed by atoms with Gasteiger partial charge in [-0.25, -0.2) is 14.5 Å². The van der Waals surface area contributed by atoms with Gasteiger partial charge >= 0.3 is 12.5 Å². The van der Waals surface area contributed by atoms with Crippen LogP contribution < -0.4 is 5.56 Å². The molecule has 2 heterocycles. The van der Waals surface area contributed by atoms with Gasteiger partial charge in [-0.15, -0.1) is 0 Å². The van der Waals surface area contributed by atoms with E-state index in [1.165, 1.54) is 32.2 Å². The van der Waals surface area contributed by atoms with Gasteiger partial charge in [0, 0.05) is 13.1 Å². The van der Waals surface area contributed by atoms with Gasteiger partial charge in [-0.1, -0.05) is 12.1 Å². The summed E-state index contributed by atoms with van der Waals surface area (Å²) in [6.45, 7) is -1.39. The van der Waals surface area contributed by atoms with Gasteiger partial charge in [0.05, 0.1) is 11.0 Å². The Labute approximate surface area is 140 Å². The fourth-order valence-electron chi connectivity index (χ4n) is 2.44. The third-order valence-electron chi connectivity index (χ3n) is 3.64. The van der Waals surface area contributed by atoms with Crippen LogP contribution in [0.3, 0.4) is 0 Å². The van der Waals surface area contributed by atoms with Crippen molar-refractivity contribution < 1.29 is 18.3 Å². The number of aromatic nitrogens is 4. The van der Waals surface area contributed by atoms with Crippen molar-refractivity contribution in [2.75, 3.05) is 0 Å². The van der Waals surface area contributed by atoms with E-state index in [1.54, 1.807) is 18.2 Å². The number of hydrogen-bond acceptors (Lipinski definition) is 5. The Morgan fingerprint density at radius 1 is 1.20 bits per heavy atom. The van der Waals surface area contributed by atoms with Gasteiger partial charge in [0.15, 0.2) is 17.6 Å². The number of aryl methyl sites for hydroxylation is 1. The molecule has 3 aromatic rings. The number of rotatable bonds is 4. The van der Waals surface area contributed by atoms with Crippen molar-refractivity contribution in [3.63, 3.8) is 0 Å². The molecule has 0 N–H and O–H groups in total. The summed E-state index contributed by atoms with van der Waals surface area (Å²) in [7, 11) is 1.39. The number of fused-ring (bicyclic) bond motifs is 1. The zero-order valence-electron chi connectivity index (χ0n) is 13.4. The third kappa shape index (κ3) is 3.12. The van der Waals surface area contributed by atoms with Crippen LogP contribution in [0.1, 0.15) is 35.9 Å². The number of benzene rings is 1. The Morgan fingerprint density at radius 2 is 1.92 bits per heavy atom. The number of imidazole rings is 1. The molecule has 2 aromatic heterocycles. The van der Waals surface area contributed by atoms with Crippen molar-refractivity contribution in [2.24, 2.45) is 7.05 Å². The molecule has 1 atom stereocenters. The van der Waals surface area contributed by atoms with Crippen molar-refractivity contribution in [1.29, 1.82) is 0 Å². The van der Waals surface area contributed by atoms with Gasteiger partial charge in [-0.3, -0.25) is 9.36 Å². The summed E-state index contributed by atoms with van der Waals surface area (Å²) >= 11 is 0. The highest BCUT2D eigenvalue weighted by atomic mass is 19.3. The third-order valence-corrected chi connectivity index (χ3v) is 3.64. The summed E-state index contributed by atoms with van der Waals surface area (Å²) in [5, 5.41) is 3.77. The lowest BCUT2D eigenvalue weighted by Crippen LogP contribution is -2.22. The first-order chi connectivity index (χ1) is 11.9. The van der Waals surface area contributed by atoms with E-state index in [0.29, 0.717) is 5.52 Å². The van der Waals surface area contributed by atoms with E-state index in [-0.39, 0.29) is 22.6 Å². The minimum atomic E-state index is -2.83. The number of ether oxygens (including phenoxy) is 1. The summed E-state index contributed by atoms with van der Waals surface area (Å²) in [4.78, 5) is 27.6. The Kier molecular flexibility index (Phi) is 4.30. The van der Waals surface area contributed by atoms with E-state index in [1.807, 2.05) is 0 Å². The lowest BCUT2D eigenvalue weighted by Gasteiger charge is -2.15. The second kappa shape index (κ2) is 6.42. The van der Waals surface area contributed by atoms with E-state index in [4.69, 9.17) is 4.74 Å². The van der Waals surface area contributed by atoms with Crippen molar-refractivity contribution in [3.8, 4) is 0 Å². The fourth-order valence-corrected chi connectivity index (χ4v) is 2.44.